The smallest absolute Gasteiger partial charge is 0.314 e. The molecule has 1 heterocycles. The summed E-state index contributed by atoms with van der Waals surface area (Å²) < 4.78 is 0. The number of nitrogens with one attached hydrogen (secondary N) is 4. The molecule has 0 bridgehead atoms. The molecule has 1 aromatic heterocycles. The van der Waals surface area contributed by atoms with Gasteiger partial charge in [0.1, 0.15) is 0 Å². The summed E-state index contributed by atoms with van der Waals surface area (Å²) in [5.74, 6) is 0.585. The molecule has 4 N–H and O–H groups in total. The fourth-order valence-corrected chi connectivity index (χ4v) is 2.11. The van der Waals surface area contributed by atoms with Gasteiger partial charge in [0, 0.05) is 5.69 Å². The van der Waals surface area contributed by atoms with Crippen molar-refractivity contribution in [3.63, 3.8) is 0 Å². The fraction of sp³-hybridized carbons (Fsp3) is 0.357. The molecule has 1 amide bonds. The van der Waals surface area contributed by atoms with Gasteiger partial charge in [-0.05, 0) is 43.5 Å². The van der Waals surface area contributed by atoms with Crippen molar-refractivity contribution in [1.29, 1.82) is 0 Å². The lowest BCUT2D eigenvalue weighted by Gasteiger charge is -2.07. The van der Waals surface area contributed by atoms with Gasteiger partial charge in [-0.2, -0.15) is 0 Å². The summed E-state index contributed by atoms with van der Waals surface area (Å²) in [5, 5.41) is 5.85. The predicted molar refractivity (Wildman–Crippen MR) is 79.4 cm³/mol. The van der Waals surface area contributed by atoms with Crippen molar-refractivity contribution in [3.8, 4) is 0 Å². The Labute approximate surface area is 119 Å². The van der Waals surface area contributed by atoms with E-state index in [1.54, 1.807) is 18.2 Å². The van der Waals surface area contributed by atoms with Crippen LogP contribution in [-0.2, 0) is 4.79 Å². The van der Waals surface area contributed by atoms with Crippen molar-refractivity contribution < 1.29 is 4.79 Å². The number of fused-ring (bicyclic) bond motifs is 1. The van der Waals surface area contributed by atoms with Crippen LogP contribution in [0.2, 0.25) is 0 Å². The van der Waals surface area contributed by atoms with E-state index in [0.717, 1.165) is 12.5 Å². The van der Waals surface area contributed by atoms with E-state index in [0.29, 0.717) is 16.7 Å². The van der Waals surface area contributed by atoms with Crippen LogP contribution in [0.25, 0.3) is 11.0 Å². The van der Waals surface area contributed by atoms with Gasteiger partial charge in [-0.1, -0.05) is 0 Å². The second-order valence-electron chi connectivity index (χ2n) is 5.29. The van der Waals surface area contributed by atoms with Crippen molar-refractivity contribution in [2.24, 2.45) is 5.92 Å². The minimum absolute atomic E-state index is 0.137. The van der Waals surface area contributed by atoms with Crippen LogP contribution in [-0.4, -0.2) is 29.0 Å². The van der Waals surface area contributed by atoms with E-state index in [1.807, 2.05) is 0 Å². The van der Waals surface area contributed by atoms with Gasteiger partial charge in [0.2, 0.25) is 5.91 Å². The van der Waals surface area contributed by atoms with Gasteiger partial charge < -0.3 is 20.6 Å². The lowest BCUT2D eigenvalue weighted by molar-refractivity contribution is -0.115. The second-order valence-corrected chi connectivity index (χ2v) is 5.29. The summed E-state index contributed by atoms with van der Waals surface area (Å²) in [5.41, 5.74) is 0.164. The van der Waals surface area contributed by atoms with E-state index < -0.39 is 11.1 Å². The zero-order chi connectivity index (χ0) is 14.8. The van der Waals surface area contributed by atoms with E-state index >= 15 is 0 Å². The van der Waals surface area contributed by atoms with Crippen molar-refractivity contribution in [2.75, 3.05) is 18.4 Å². The first-order valence-corrected chi connectivity index (χ1v) is 6.89. The van der Waals surface area contributed by atoms with E-state index in [4.69, 9.17) is 0 Å². The number of carbonyl (C=O) groups excluding carboxylic acids is 1. The minimum atomic E-state index is -0.711. The molecule has 1 fully saturated rings. The highest BCUT2D eigenvalue weighted by molar-refractivity contribution is 5.94. The number of aromatic nitrogens is 2. The predicted octanol–water partition coefficient (Wildman–Crippen LogP) is 0.154. The van der Waals surface area contributed by atoms with Gasteiger partial charge in [-0.25, -0.2) is 0 Å². The number of carbonyl (C=O) groups is 1. The third-order valence-corrected chi connectivity index (χ3v) is 3.42. The molecule has 1 aromatic carbocycles. The molecule has 0 saturated heterocycles. The highest BCUT2D eigenvalue weighted by Crippen LogP contribution is 2.27. The SMILES string of the molecule is O=C(CNCC1CC1)Nc1ccc2[nH]c(=O)c(=O)[nH]c2c1. The third-order valence-electron chi connectivity index (χ3n) is 3.42. The van der Waals surface area contributed by atoms with Gasteiger partial charge in [0.15, 0.2) is 0 Å². The van der Waals surface area contributed by atoms with Gasteiger partial charge in [-0.15, -0.1) is 0 Å². The molecule has 1 aliphatic rings. The van der Waals surface area contributed by atoms with Crippen molar-refractivity contribution >= 4 is 22.6 Å². The van der Waals surface area contributed by atoms with Crippen LogP contribution in [0.3, 0.4) is 0 Å². The molecule has 0 atom stereocenters. The molecule has 0 spiro atoms. The molecule has 0 aliphatic heterocycles. The average molecular weight is 288 g/mol. The van der Waals surface area contributed by atoms with Crippen LogP contribution in [0.5, 0.6) is 0 Å². The van der Waals surface area contributed by atoms with Crippen LogP contribution in [0.1, 0.15) is 12.8 Å². The van der Waals surface area contributed by atoms with Gasteiger partial charge in [0.25, 0.3) is 0 Å². The third kappa shape index (κ3) is 3.38. The Balaban J connectivity index is 1.68. The van der Waals surface area contributed by atoms with Crippen molar-refractivity contribution in [2.45, 2.75) is 12.8 Å². The first-order chi connectivity index (χ1) is 10.1. The topological polar surface area (TPSA) is 107 Å². The summed E-state index contributed by atoms with van der Waals surface area (Å²) in [6, 6.07) is 4.93. The summed E-state index contributed by atoms with van der Waals surface area (Å²) in [7, 11) is 0. The summed E-state index contributed by atoms with van der Waals surface area (Å²) in [6.07, 6.45) is 2.48. The van der Waals surface area contributed by atoms with E-state index in [2.05, 4.69) is 20.6 Å². The molecule has 1 aliphatic carbocycles. The largest absolute Gasteiger partial charge is 0.325 e. The molecule has 1 saturated carbocycles. The zero-order valence-corrected chi connectivity index (χ0v) is 11.4. The number of benzene rings is 1. The first-order valence-electron chi connectivity index (χ1n) is 6.89. The molecular formula is C14H16N4O3. The zero-order valence-electron chi connectivity index (χ0n) is 11.4. The Morgan fingerprint density at radius 3 is 2.57 bits per heavy atom. The number of H-pyrrole nitrogens is 2. The Hall–Kier alpha value is -2.41. The lowest BCUT2D eigenvalue weighted by atomic mass is 10.2. The van der Waals surface area contributed by atoms with Crippen LogP contribution in [0, 0.1) is 5.92 Å². The number of amides is 1. The standard InChI is InChI=1S/C14H16N4O3/c19-12(7-15-6-8-1-2-8)16-9-3-4-10-11(5-9)18-14(21)13(20)17-10/h3-5,8,15H,1-2,6-7H2,(H,16,19)(H,17,20)(H,18,21). The van der Waals surface area contributed by atoms with E-state index in [1.165, 1.54) is 12.8 Å². The monoisotopic (exact) mass is 288 g/mol. The van der Waals surface area contributed by atoms with Gasteiger partial charge in [-0.3, -0.25) is 14.4 Å². The highest BCUT2D eigenvalue weighted by atomic mass is 16.2. The normalized spacial score (nSPS) is 14.3. The highest BCUT2D eigenvalue weighted by Gasteiger charge is 2.20. The molecule has 3 rings (SSSR count). The summed E-state index contributed by atoms with van der Waals surface area (Å²) in [6.45, 7) is 1.14. The van der Waals surface area contributed by atoms with Crippen LogP contribution in [0.4, 0.5) is 5.69 Å². The molecule has 2 aromatic rings. The number of hydrogen-bond acceptors (Lipinski definition) is 4. The Kier molecular flexibility index (Phi) is 3.57. The number of aromatic amines is 2. The maximum Gasteiger partial charge on any atom is 0.314 e. The maximum atomic E-state index is 11.8. The van der Waals surface area contributed by atoms with Crippen molar-refractivity contribution in [1.82, 2.24) is 15.3 Å². The average Bonchev–Trinajstić information content (AvgIpc) is 3.24. The minimum Gasteiger partial charge on any atom is -0.325 e. The Morgan fingerprint density at radius 2 is 1.86 bits per heavy atom. The molecule has 110 valence electrons. The van der Waals surface area contributed by atoms with Gasteiger partial charge in [0.05, 0.1) is 17.6 Å². The van der Waals surface area contributed by atoms with E-state index in [-0.39, 0.29) is 12.5 Å². The van der Waals surface area contributed by atoms with Crippen LogP contribution >= 0.6 is 0 Å². The number of hydrogen-bond donors (Lipinski definition) is 4. The molecule has 7 nitrogen and oxygen atoms in total. The summed E-state index contributed by atoms with van der Waals surface area (Å²) >= 11 is 0. The number of rotatable bonds is 5. The van der Waals surface area contributed by atoms with Crippen LogP contribution in [0.15, 0.2) is 27.8 Å². The first kappa shape index (κ1) is 13.6. The van der Waals surface area contributed by atoms with E-state index in [9.17, 15) is 14.4 Å². The maximum absolute atomic E-state index is 11.8. The quantitative estimate of drug-likeness (QED) is 0.588. The molecule has 0 unspecified atom stereocenters. The van der Waals surface area contributed by atoms with Gasteiger partial charge >= 0.3 is 11.1 Å². The van der Waals surface area contributed by atoms with Crippen molar-refractivity contribution in [3.05, 3.63) is 38.9 Å². The number of anilines is 1. The fourth-order valence-electron chi connectivity index (χ4n) is 2.11. The second kappa shape index (κ2) is 5.53. The Bertz CT molecular complexity index is 789. The molecule has 21 heavy (non-hydrogen) atoms. The molecule has 7 heteroatoms. The lowest BCUT2D eigenvalue weighted by Crippen LogP contribution is -2.30. The molecular weight excluding hydrogens is 272 g/mol. The Morgan fingerprint density at radius 1 is 1.14 bits per heavy atom. The molecule has 0 radical (unpaired) electrons. The summed E-state index contributed by atoms with van der Waals surface area (Å²) in [4.78, 5) is 39.2. The van der Waals surface area contributed by atoms with Crippen LogP contribution < -0.4 is 21.8 Å².